The van der Waals surface area contributed by atoms with Gasteiger partial charge in [-0.2, -0.15) is 0 Å². The predicted molar refractivity (Wildman–Crippen MR) is 114 cm³/mol. The van der Waals surface area contributed by atoms with E-state index in [0.29, 0.717) is 49.6 Å². The molecule has 0 aliphatic rings. The summed E-state index contributed by atoms with van der Waals surface area (Å²) in [6.07, 6.45) is 6.46. The molecule has 3 heterocycles. The largest absolute Gasteiger partial charge is 0.496 e. The van der Waals surface area contributed by atoms with Gasteiger partial charge in [-0.3, -0.25) is 9.78 Å². The Hall–Kier alpha value is -3.45. The molecule has 0 saturated carbocycles. The molecule has 0 aliphatic heterocycles. The van der Waals surface area contributed by atoms with Gasteiger partial charge in [-0.1, -0.05) is 11.6 Å². The van der Waals surface area contributed by atoms with Gasteiger partial charge in [-0.25, -0.2) is 9.37 Å². The van der Waals surface area contributed by atoms with Gasteiger partial charge in [0.1, 0.15) is 17.2 Å². The summed E-state index contributed by atoms with van der Waals surface area (Å²) in [4.78, 5) is 25.5. The van der Waals surface area contributed by atoms with Gasteiger partial charge in [-0.15, -0.1) is 0 Å². The zero-order chi connectivity index (χ0) is 21.4. The summed E-state index contributed by atoms with van der Waals surface area (Å²) in [5.41, 5.74) is 3.48. The van der Waals surface area contributed by atoms with Crippen molar-refractivity contribution >= 4 is 28.5 Å². The second kappa shape index (κ2) is 7.76. The van der Waals surface area contributed by atoms with Gasteiger partial charge in [0.15, 0.2) is 0 Å². The normalized spacial score (nSPS) is 11.0. The quantitative estimate of drug-likeness (QED) is 0.511. The number of hydrogen-bond donors (Lipinski definition) is 1. The topological polar surface area (TPSA) is 71.1 Å². The molecule has 6 nitrogen and oxygen atoms in total. The fourth-order valence-electron chi connectivity index (χ4n) is 3.32. The third kappa shape index (κ3) is 3.37. The number of nitrogens with one attached hydrogen (secondary N) is 1. The number of methoxy groups -OCH3 is 1. The van der Waals surface area contributed by atoms with E-state index in [-0.39, 0.29) is 11.7 Å². The molecule has 0 aliphatic carbocycles. The molecule has 0 fully saturated rings. The van der Waals surface area contributed by atoms with Crippen LogP contribution in [-0.2, 0) is 0 Å². The Kier molecular flexibility index (Phi) is 5.13. The molecule has 0 unspecified atom stereocenters. The predicted octanol–water partition coefficient (Wildman–Crippen LogP) is 4.79. The Bertz CT molecular complexity index is 1270. The highest BCUT2D eigenvalue weighted by Crippen LogP contribution is 2.41. The van der Waals surface area contributed by atoms with E-state index in [0.717, 1.165) is 0 Å². The number of aromatic amines is 1. The van der Waals surface area contributed by atoms with Crippen LogP contribution in [0.2, 0.25) is 5.02 Å². The van der Waals surface area contributed by atoms with Crippen LogP contribution in [0, 0.1) is 5.82 Å². The van der Waals surface area contributed by atoms with E-state index < -0.39 is 0 Å². The Morgan fingerprint density at radius 2 is 1.93 bits per heavy atom. The van der Waals surface area contributed by atoms with Gasteiger partial charge in [-0.05, 0) is 24.3 Å². The average Bonchev–Trinajstić information content (AvgIpc) is 3.18. The number of fused-ring (bicyclic) bond motifs is 1. The number of H-pyrrole nitrogens is 1. The summed E-state index contributed by atoms with van der Waals surface area (Å²) in [5, 5.41) is 1.04. The zero-order valence-corrected chi connectivity index (χ0v) is 17.3. The van der Waals surface area contributed by atoms with Crippen LogP contribution in [0.1, 0.15) is 10.4 Å². The van der Waals surface area contributed by atoms with Crippen molar-refractivity contribution < 1.29 is 13.9 Å². The molecule has 0 saturated heterocycles. The van der Waals surface area contributed by atoms with E-state index in [4.69, 9.17) is 16.3 Å². The van der Waals surface area contributed by atoms with E-state index in [1.807, 2.05) is 0 Å². The smallest absolute Gasteiger partial charge is 0.254 e. The first kappa shape index (κ1) is 19.8. The van der Waals surface area contributed by atoms with Crippen LogP contribution < -0.4 is 4.74 Å². The monoisotopic (exact) mass is 424 g/mol. The number of carbonyl (C=O) groups is 1. The number of amides is 1. The van der Waals surface area contributed by atoms with Crippen LogP contribution in [0.5, 0.6) is 5.75 Å². The molecule has 0 spiro atoms. The summed E-state index contributed by atoms with van der Waals surface area (Å²) < 4.78 is 19.3. The number of carbonyl (C=O) groups excluding carboxylic acids is 1. The summed E-state index contributed by atoms with van der Waals surface area (Å²) in [7, 11) is 4.87. The zero-order valence-electron chi connectivity index (χ0n) is 16.5. The molecular weight excluding hydrogens is 407 g/mol. The molecule has 4 rings (SSSR count). The van der Waals surface area contributed by atoms with Crippen LogP contribution in [0.15, 0.2) is 49.1 Å². The number of pyridine rings is 2. The minimum absolute atomic E-state index is 0.165. The van der Waals surface area contributed by atoms with Crippen molar-refractivity contribution in [2.45, 2.75) is 0 Å². The molecule has 0 bridgehead atoms. The van der Waals surface area contributed by atoms with Crippen LogP contribution in [0.4, 0.5) is 4.39 Å². The van der Waals surface area contributed by atoms with Gasteiger partial charge >= 0.3 is 0 Å². The van der Waals surface area contributed by atoms with Crippen molar-refractivity contribution in [3.05, 3.63) is 65.5 Å². The van der Waals surface area contributed by atoms with Crippen LogP contribution in [0.3, 0.4) is 0 Å². The van der Waals surface area contributed by atoms with Gasteiger partial charge in [0.2, 0.25) is 0 Å². The fraction of sp³-hybridized carbons (Fsp3) is 0.136. The number of halogens is 2. The van der Waals surface area contributed by atoms with Gasteiger partial charge in [0, 0.05) is 66.5 Å². The Morgan fingerprint density at radius 3 is 2.67 bits per heavy atom. The van der Waals surface area contributed by atoms with Crippen molar-refractivity contribution in [3.8, 4) is 28.0 Å². The number of benzene rings is 1. The lowest BCUT2D eigenvalue weighted by atomic mass is 10.0. The van der Waals surface area contributed by atoms with Crippen molar-refractivity contribution in [1.29, 1.82) is 0 Å². The van der Waals surface area contributed by atoms with Gasteiger partial charge in [0.05, 0.1) is 17.7 Å². The first-order chi connectivity index (χ1) is 14.4. The van der Waals surface area contributed by atoms with Crippen molar-refractivity contribution in [3.63, 3.8) is 0 Å². The SMILES string of the molecule is COc1ccc(F)cc1-c1c[nH]c2ncc(-c3cncc(C(=O)N(C)C)c3)c(Cl)c12. The van der Waals surface area contributed by atoms with Crippen molar-refractivity contribution in [1.82, 2.24) is 19.9 Å². The molecule has 1 aromatic carbocycles. The number of ether oxygens (including phenoxy) is 1. The number of nitrogens with zero attached hydrogens (tertiary/aromatic N) is 3. The highest BCUT2D eigenvalue weighted by Gasteiger charge is 2.19. The van der Waals surface area contributed by atoms with E-state index in [2.05, 4.69) is 15.0 Å². The summed E-state index contributed by atoms with van der Waals surface area (Å²) in [5.74, 6) is -0.0418. The summed E-state index contributed by atoms with van der Waals surface area (Å²) in [6, 6.07) is 6.01. The number of aromatic nitrogens is 3. The minimum Gasteiger partial charge on any atom is -0.496 e. The molecule has 30 heavy (non-hydrogen) atoms. The van der Waals surface area contributed by atoms with Crippen LogP contribution in [0.25, 0.3) is 33.3 Å². The third-order valence-corrected chi connectivity index (χ3v) is 5.18. The molecule has 4 aromatic rings. The number of hydrogen-bond acceptors (Lipinski definition) is 4. The molecule has 0 radical (unpaired) electrons. The molecule has 152 valence electrons. The van der Waals surface area contributed by atoms with Crippen LogP contribution in [-0.4, -0.2) is 47.0 Å². The van der Waals surface area contributed by atoms with E-state index >= 15 is 0 Å². The lowest BCUT2D eigenvalue weighted by molar-refractivity contribution is 0.0827. The Labute approximate surface area is 177 Å². The maximum absolute atomic E-state index is 13.9. The third-order valence-electron chi connectivity index (χ3n) is 4.79. The maximum Gasteiger partial charge on any atom is 0.254 e. The van der Waals surface area contributed by atoms with Crippen molar-refractivity contribution in [2.75, 3.05) is 21.2 Å². The highest BCUT2D eigenvalue weighted by molar-refractivity contribution is 6.39. The maximum atomic E-state index is 13.9. The Balaban J connectivity index is 1.91. The van der Waals surface area contributed by atoms with E-state index in [9.17, 15) is 9.18 Å². The lowest BCUT2D eigenvalue weighted by Gasteiger charge is -2.12. The second-order valence-corrected chi connectivity index (χ2v) is 7.30. The average molecular weight is 425 g/mol. The van der Waals surface area contributed by atoms with Crippen molar-refractivity contribution in [2.24, 2.45) is 0 Å². The van der Waals surface area contributed by atoms with E-state index in [1.165, 1.54) is 30.3 Å². The number of rotatable bonds is 4. The Morgan fingerprint density at radius 1 is 1.13 bits per heavy atom. The highest BCUT2D eigenvalue weighted by atomic mass is 35.5. The van der Waals surface area contributed by atoms with Crippen LogP contribution >= 0.6 is 11.6 Å². The summed E-state index contributed by atoms with van der Waals surface area (Å²) in [6.45, 7) is 0. The van der Waals surface area contributed by atoms with E-state index in [1.54, 1.807) is 44.8 Å². The molecule has 1 N–H and O–H groups in total. The molecule has 8 heteroatoms. The fourth-order valence-corrected chi connectivity index (χ4v) is 3.67. The standard InChI is InChI=1S/C22H18ClFN4O2/c1-28(2)22(29)13-6-12(8-25-9-13)16-10-26-21-19(20(16)23)17(11-27-21)15-7-14(24)4-5-18(15)30-3/h4-11H,1-3H3,(H,26,27). The molecule has 1 amide bonds. The first-order valence-corrected chi connectivity index (χ1v) is 9.45. The minimum atomic E-state index is -0.389. The second-order valence-electron chi connectivity index (χ2n) is 6.92. The molecule has 3 aromatic heterocycles. The first-order valence-electron chi connectivity index (χ1n) is 9.07. The lowest BCUT2D eigenvalue weighted by Crippen LogP contribution is -2.21. The molecule has 0 atom stereocenters. The van der Waals surface area contributed by atoms with Gasteiger partial charge in [0.25, 0.3) is 5.91 Å². The molecular formula is C22H18ClFN4O2. The summed E-state index contributed by atoms with van der Waals surface area (Å²) >= 11 is 6.78. The van der Waals surface area contributed by atoms with Gasteiger partial charge < -0.3 is 14.6 Å².